The smallest absolute Gasteiger partial charge is 0.249 e. The summed E-state index contributed by atoms with van der Waals surface area (Å²) < 4.78 is 5.67. The Kier molecular flexibility index (Phi) is 3.83. The van der Waals surface area contributed by atoms with E-state index < -0.39 is 0 Å². The van der Waals surface area contributed by atoms with Gasteiger partial charge in [0.15, 0.2) is 0 Å². The van der Waals surface area contributed by atoms with E-state index in [4.69, 9.17) is 4.42 Å². The average Bonchev–Trinajstić information content (AvgIpc) is 2.96. The predicted octanol–water partition coefficient (Wildman–Crippen LogP) is 2.21. The molecule has 2 aromatic rings. The molecule has 2 aromatic heterocycles. The fourth-order valence-corrected chi connectivity index (χ4v) is 2.43. The molecule has 100 valence electrons. The molecule has 1 saturated heterocycles. The van der Waals surface area contributed by atoms with E-state index in [9.17, 15) is 0 Å². The molecule has 5 nitrogen and oxygen atoms in total. The van der Waals surface area contributed by atoms with Gasteiger partial charge in [0.25, 0.3) is 0 Å². The minimum atomic E-state index is 0.555. The molecule has 0 saturated carbocycles. The van der Waals surface area contributed by atoms with Gasteiger partial charge in [0.1, 0.15) is 0 Å². The van der Waals surface area contributed by atoms with Crippen LogP contribution in [0.2, 0.25) is 0 Å². The largest absolute Gasteiger partial charge is 0.421 e. The first-order chi connectivity index (χ1) is 9.42. The van der Waals surface area contributed by atoms with Gasteiger partial charge >= 0.3 is 0 Å². The molecule has 3 heterocycles. The van der Waals surface area contributed by atoms with Crippen molar-refractivity contribution in [2.45, 2.75) is 38.1 Å². The highest BCUT2D eigenvalue weighted by molar-refractivity contribution is 5.49. The van der Waals surface area contributed by atoms with Crippen LogP contribution < -0.4 is 5.32 Å². The maximum atomic E-state index is 5.67. The number of hydrogen-bond acceptors (Lipinski definition) is 5. The Labute approximate surface area is 112 Å². The number of nitrogens with one attached hydrogen (secondary N) is 1. The van der Waals surface area contributed by atoms with Crippen LogP contribution in [0, 0.1) is 0 Å². The molecular weight excluding hydrogens is 240 g/mol. The zero-order chi connectivity index (χ0) is 12.9. The minimum Gasteiger partial charge on any atom is -0.421 e. The standard InChI is InChI=1S/C14H18N4O/c1-2-9-16-12(5-1)6-7-13-17-18-14(19-13)11-4-3-8-15-10-11/h3-4,8,10,12,16H,1-2,5-7,9H2. The summed E-state index contributed by atoms with van der Waals surface area (Å²) in [5, 5.41) is 11.7. The van der Waals surface area contributed by atoms with E-state index in [1.807, 2.05) is 12.1 Å². The van der Waals surface area contributed by atoms with Crippen molar-refractivity contribution in [2.24, 2.45) is 0 Å². The molecule has 1 fully saturated rings. The molecule has 3 rings (SSSR count). The summed E-state index contributed by atoms with van der Waals surface area (Å²) in [6.45, 7) is 1.13. The molecule has 1 aliphatic heterocycles. The number of hydrogen-bond donors (Lipinski definition) is 1. The lowest BCUT2D eigenvalue weighted by molar-refractivity contribution is 0.369. The molecule has 1 unspecified atom stereocenters. The number of piperidine rings is 1. The lowest BCUT2D eigenvalue weighted by Gasteiger charge is -2.22. The summed E-state index contributed by atoms with van der Waals surface area (Å²) in [7, 11) is 0. The van der Waals surface area contributed by atoms with E-state index in [1.165, 1.54) is 19.3 Å². The second-order valence-corrected chi connectivity index (χ2v) is 4.93. The number of aromatic nitrogens is 3. The van der Waals surface area contributed by atoms with Gasteiger partial charge in [0.05, 0.1) is 5.56 Å². The Morgan fingerprint density at radius 3 is 3.11 bits per heavy atom. The minimum absolute atomic E-state index is 0.555. The van der Waals surface area contributed by atoms with E-state index in [1.54, 1.807) is 12.4 Å². The molecule has 1 aliphatic rings. The Morgan fingerprint density at radius 2 is 2.32 bits per heavy atom. The van der Waals surface area contributed by atoms with Crippen LogP contribution in [0.1, 0.15) is 31.6 Å². The van der Waals surface area contributed by atoms with Crippen molar-refractivity contribution < 1.29 is 4.42 Å². The SMILES string of the molecule is c1cncc(-c2nnc(CCC3CCCCN3)o2)c1. The lowest BCUT2D eigenvalue weighted by atomic mass is 10.0. The zero-order valence-electron chi connectivity index (χ0n) is 10.9. The Morgan fingerprint density at radius 1 is 1.32 bits per heavy atom. The molecule has 0 bridgehead atoms. The molecule has 5 heteroatoms. The first kappa shape index (κ1) is 12.3. The Balaban J connectivity index is 1.59. The molecule has 0 radical (unpaired) electrons. The molecule has 19 heavy (non-hydrogen) atoms. The quantitative estimate of drug-likeness (QED) is 0.910. The number of aryl methyl sites for hydroxylation is 1. The number of pyridine rings is 1. The number of nitrogens with zero attached hydrogens (tertiary/aromatic N) is 3. The van der Waals surface area contributed by atoms with Gasteiger partial charge in [-0.1, -0.05) is 6.42 Å². The molecule has 1 atom stereocenters. The van der Waals surface area contributed by atoms with E-state index in [-0.39, 0.29) is 0 Å². The summed E-state index contributed by atoms with van der Waals surface area (Å²) in [5.74, 6) is 1.27. The Hall–Kier alpha value is -1.75. The van der Waals surface area contributed by atoms with Gasteiger partial charge in [-0.2, -0.15) is 0 Å². The van der Waals surface area contributed by atoms with Gasteiger partial charge in [0, 0.05) is 24.9 Å². The fraction of sp³-hybridized carbons (Fsp3) is 0.500. The monoisotopic (exact) mass is 258 g/mol. The summed E-state index contributed by atoms with van der Waals surface area (Å²) >= 11 is 0. The van der Waals surface area contributed by atoms with Crippen LogP contribution in [0.25, 0.3) is 11.5 Å². The first-order valence-electron chi connectivity index (χ1n) is 6.88. The number of rotatable bonds is 4. The van der Waals surface area contributed by atoms with E-state index in [0.717, 1.165) is 24.9 Å². The van der Waals surface area contributed by atoms with Gasteiger partial charge in [-0.15, -0.1) is 10.2 Å². The van der Waals surface area contributed by atoms with Crippen LogP contribution in [0.4, 0.5) is 0 Å². The van der Waals surface area contributed by atoms with Crippen molar-refractivity contribution in [3.05, 3.63) is 30.4 Å². The van der Waals surface area contributed by atoms with Gasteiger partial charge in [-0.25, -0.2) is 0 Å². The highest BCUT2D eigenvalue weighted by Gasteiger charge is 2.14. The molecular formula is C14H18N4O. The van der Waals surface area contributed by atoms with Crippen LogP contribution in [-0.4, -0.2) is 27.8 Å². The lowest BCUT2D eigenvalue weighted by Crippen LogP contribution is -2.34. The van der Waals surface area contributed by atoms with Gasteiger partial charge in [-0.05, 0) is 37.9 Å². The molecule has 1 N–H and O–H groups in total. The summed E-state index contributed by atoms with van der Waals surface area (Å²) in [6.07, 6.45) is 9.24. The summed E-state index contributed by atoms with van der Waals surface area (Å²) in [4.78, 5) is 4.05. The van der Waals surface area contributed by atoms with Crippen molar-refractivity contribution in [1.82, 2.24) is 20.5 Å². The predicted molar refractivity (Wildman–Crippen MR) is 71.5 cm³/mol. The highest BCUT2D eigenvalue weighted by atomic mass is 16.4. The molecule has 0 amide bonds. The van der Waals surface area contributed by atoms with Gasteiger partial charge < -0.3 is 9.73 Å². The van der Waals surface area contributed by atoms with Crippen molar-refractivity contribution in [3.8, 4) is 11.5 Å². The van der Waals surface area contributed by atoms with E-state index in [0.29, 0.717) is 17.8 Å². The van der Waals surface area contributed by atoms with Crippen LogP contribution >= 0.6 is 0 Å². The van der Waals surface area contributed by atoms with Crippen LogP contribution in [0.3, 0.4) is 0 Å². The van der Waals surface area contributed by atoms with Crippen molar-refractivity contribution in [1.29, 1.82) is 0 Å². The topological polar surface area (TPSA) is 63.8 Å². The van der Waals surface area contributed by atoms with E-state index in [2.05, 4.69) is 20.5 Å². The first-order valence-corrected chi connectivity index (χ1v) is 6.88. The van der Waals surface area contributed by atoms with Crippen molar-refractivity contribution in [2.75, 3.05) is 6.54 Å². The van der Waals surface area contributed by atoms with Crippen molar-refractivity contribution >= 4 is 0 Å². The van der Waals surface area contributed by atoms with E-state index >= 15 is 0 Å². The van der Waals surface area contributed by atoms with Gasteiger partial charge in [0.2, 0.25) is 11.8 Å². The third kappa shape index (κ3) is 3.17. The zero-order valence-corrected chi connectivity index (χ0v) is 10.9. The third-order valence-corrected chi connectivity index (χ3v) is 3.49. The molecule has 0 aliphatic carbocycles. The normalized spacial score (nSPS) is 19.5. The van der Waals surface area contributed by atoms with Gasteiger partial charge in [-0.3, -0.25) is 4.98 Å². The summed E-state index contributed by atoms with van der Waals surface area (Å²) in [5.41, 5.74) is 0.872. The average molecular weight is 258 g/mol. The highest BCUT2D eigenvalue weighted by Crippen LogP contribution is 2.18. The van der Waals surface area contributed by atoms with Crippen LogP contribution in [0.15, 0.2) is 28.9 Å². The fourth-order valence-electron chi connectivity index (χ4n) is 2.43. The summed E-state index contributed by atoms with van der Waals surface area (Å²) in [6, 6.07) is 4.39. The maximum Gasteiger partial charge on any atom is 0.249 e. The van der Waals surface area contributed by atoms with Crippen LogP contribution in [-0.2, 0) is 6.42 Å². The second kappa shape index (κ2) is 5.93. The molecule has 0 spiro atoms. The van der Waals surface area contributed by atoms with Crippen molar-refractivity contribution in [3.63, 3.8) is 0 Å². The second-order valence-electron chi connectivity index (χ2n) is 4.93. The Bertz CT molecular complexity index is 505. The van der Waals surface area contributed by atoms with Crippen LogP contribution in [0.5, 0.6) is 0 Å². The third-order valence-electron chi connectivity index (χ3n) is 3.49. The molecule has 0 aromatic carbocycles. The maximum absolute atomic E-state index is 5.67.